The highest BCUT2D eigenvalue weighted by Gasteiger charge is 2.31. The minimum absolute atomic E-state index is 0.0270. The molecule has 0 amide bonds. The Morgan fingerprint density at radius 2 is 1.97 bits per heavy atom. The second kappa shape index (κ2) is 12.1. The first-order chi connectivity index (χ1) is 18.1. The van der Waals surface area contributed by atoms with Gasteiger partial charge in [0.15, 0.2) is 0 Å². The number of benzene rings is 2. The number of phenolic OH excluding ortho intramolecular Hbond substituents is 1. The summed E-state index contributed by atoms with van der Waals surface area (Å²) in [6, 6.07) is 7.19. The van der Waals surface area contributed by atoms with Gasteiger partial charge in [-0.3, -0.25) is 14.5 Å². The fourth-order valence-corrected chi connectivity index (χ4v) is 6.00. The van der Waals surface area contributed by atoms with Crippen LogP contribution < -0.4 is 5.56 Å². The number of piperidine rings is 1. The first kappa shape index (κ1) is 28.5. The van der Waals surface area contributed by atoms with Crippen molar-refractivity contribution in [3.8, 4) is 16.9 Å². The maximum Gasteiger partial charge on any atom is 0.416 e. The fraction of sp³-hybridized carbons (Fsp3) is 0.407. The van der Waals surface area contributed by atoms with Crippen LogP contribution in [0.5, 0.6) is 5.75 Å². The molecule has 1 aromatic heterocycles. The number of aromatic hydroxyl groups is 1. The molecule has 4 rings (SSSR count). The summed E-state index contributed by atoms with van der Waals surface area (Å²) in [7, 11) is 0. The molecule has 2 heterocycles. The molecule has 1 atom stereocenters. The van der Waals surface area contributed by atoms with Crippen LogP contribution >= 0.6 is 23.4 Å². The number of H-pyrrole nitrogens is 1. The van der Waals surface area contributed by atoms with Crippen LogP contribution in [-0.4, -0.2) is 57.4 Å². The monoisotopic (exact) mass is 568 g/mol. The number of likely N-dealkylation sites (tertiary alicyclic amines) is 1. The summed E-state index contributed by atoms with van der Waals surface area (Å²) >= 11 is 7.05. The van der Waals surface area contributed by atoms with E-state index in [0.29, 0.717) is 13.0 Å². The summed E-state index contributed by atoms with van der Waals surface area (Å²) in [6.45, 7) is 1.65. The molecule has 3 aromatic rings. The Balaban J connectivity index is 1.62. The van der Waals surface area contributed by atoms with Crippen molar-refractivity contribution in [1.29, 1.82) is 0 Å². The first-order valence-electron chi connectivity index (χ1n) is 12.3. The van der Waals surface area contributed by atoms with E-state index in [4.69, 9.17) is 11.6 Å². The van der Waals surface area contributed by atoms with E-state index >= 15 is 0 Å². The van der Waals surface area contributed by atoms with E-state index in [-0.39, 0.29) is 68.3 Å². The number of carbonyl (C=O) groups is 1. The SMILES string of the molecule is O=C(CCCN1CCCCC1CO)CSc1c(-c2cc(Cl)ccc2O)c2cc(C(F)(F)F)ccc2[nH]c1=O. The van der Waals surface area contributed by atoms with Gasteiger partial charge in [-0.2, -0.15) is 13.2 Å². The van der Waals surface area contributed by atoms with Crippen LogP contribution in [-0.2, 0) is 11.0 Å². The number of hydrogen-bond donors (Lipinski definition) is 3. The zero-order valence-corrected chi connectivity index (χ0v) is 22.1. The largest absolute Gasteiger partial charge is 0.507 e. The maximum absolute atomic E-state index is 13.5. The van der Waals surface area contributed by atoms with Gasteiger partial charge in [-0.1, -0.05) is 18.0 Å². The van der Waals surface area contributed by atoms with Crippen molar-refractivity contribution < 1.29 is 28.2 Å². The third-order valence-corrected chi connectivity index (χ3v) is 8.14. The van der Waals surface area contributed by atoms with E-state index in [1.54, 1.807) is 0 Å². The standard InChI is InChI=1S/C27H28ClF3N2O4S/c28-17-7-9-23(36)21(13-17)24-20-12-16(27(29,30)31)6-8-22(20)32-26(37)25(24)38-15-19(35)5-3-11-33-10-2-1-4-18(33)14-34/h6-9,12-13,18,34,36H,1-5,10-11,14-15H2,(H,32,37). The van der Waals surface area contributed by atoms with Crippen LogP contribution in [0.15, 0.2) is 46.1 Å². The third kappa shape index (κ3) is 6.54. The zero-order chi connectivity index (χ0) is 27.4. The Labute approximate surface area is 226 Å². The lowest BCUT2D eigenvalue weighted by atomic mass is 9.98. The van der Waals surface area contributed by atoms with Crippen molar-refractivity contribution in [2.75, 3.05) is 25.4 Å². The normalized spacial score (nSPS) is 16.7. The highest BCUT2D eigenvalue weighted by Crippen LogP contribution is 2.42. The van der Waals surface area contributed by atoms with Crippen LogP contribution in [0.4, 0.5) is 13.2 Å². The molecule has 1 aliphatic rings. The number of thioether (sulfide) groups is 1. The van der Waals surface area contributed by atoms with Crippen molar-refractivity contribution in [1.82, 2.24) is 9.88 Å². The molecule has 1 aliphatic heterocycles. The third-order valence-electron chi connectivity index (χ3n) is 6.76. The van der Waals surface area contributed by atoms with E-state index in [2.05, 4.69) is 9.88 Å². The molecule has 2 aromatic carbocycles. The van der Waals surface area contributed by atoms with Crippen molar-refractivity contribution in [3.63, 3.8) is 0 Å². The smallest absolute Gasteiger partial charge is 0.416 e. The molecule has 38 heavy (non-hydrogen) atoms. The number of nitrogens with zero attached hydrogens (tertiary/aromatic N) is 1. The fourth-order valence-electron chi connectivity index (χ4n) is 4.83. The summed E-state index contributed by atoms with van der Waals surface area (Å²) in [6.07, 6.45) is -0.693. The van der Waals surface area contributed by atoms with Crippen molar-refractivity contribution in [3.05, 3.63) is 57.3 Å². The number of aliphatic hydroxyl groups is 1. The minimum atomic E-state index is -4.62. The molecule has 3 N–H and O–H groups in total. The van der Waals surface area contributed by atoms with E-state index in [1.165, 1.54) is 24.3 Å². The molecule has 11 heteroatoms. The van der Waals surface area contributed by atoms with E-state index in [9.17, 15) is 33.0 Å². The van der Waals surface area contributed by atoms with Gasteiger partial charge >= 0.3 is 6.18 Å². The second-order valence-corrected chi connectivity index (χ2v) is 10.8. The number of nitrogens with one attached hydrogen (secondary N) is 1. The highest BCUT2D eigenvalue weighted by molar-refractivity contribution is 8.00. The summed E-state index contributed by atoms with van der Waals surface area (Å²) in [4.78, 5) is 30.6. The number of aromatic nitrogens is 1. The highest BCUT2D eigenvalue weighted by atomic mass is 35.5. The summed E-state index contributed by atoms with van der Waals surface area (Å²) < 4.78 is 40.6. The number of fused-ring (bicyclic) bond motifs is 1. The molecule has 0 radical (unpaired) electrons. The first-order valence-corrected chi connectivity index (χ1v) is 13.7. The minimum Gasteiger partial charge on any atom is -0.507 e. The lowest BCUT2D eigenvalue weighted by molar-refractivity contribution is -0.137. The number of ketones is 1. The molecule has 1 saturated heterocycles. The van der Waals surface area contributed by atoms with Gasteiger partial charge in [-0.15, -0.1) is 11.8 Å². The van der Waals surface area contributed by atoms with Gasteiger partial charge in [-0.25, -0.2) is 0 Å². The lowest BCUT2D eigenvalue weighted by Crippen LogP contribution is -2.42. The molecule has 204 valence electrons. The Morgan fingerprint density at radius 1 is 1.18 bits per heavy atom. The average Bonchev–Trinajstić information content (AvgIpc) is 2.88. The number of aromatic amines is 1. The number of pyridine rings is 1. The zero-order valence-electron chi connectivity index (χ0n) is 20.5. The predicted octanol–water partition coefficient (Wildman–Crippen LogP) is 5.86. The number of halogens is 4. The lowest BCUT2D eigenvalue weighted by Gasteiger charge is -2.34. The molecule has 6 nitrogen and oxygen atoms in total. The Bertz CT molecular complexity index is 1380. The number of hydrogen-bond acceptors (Lipinski definition) is 6. The molecule has 1 unspecified atom stereocenters. The maximum atomic E-state index is 13.5. The topological polar surface area (TPSA) is 93.6 Å². The molecule has 0 spiro atoms. The molecular weight excluding hydrogens is 541 g/mol. The van der Waals surface area contributed by atoms with Crippen LogP contribution in [0.25, 0.3) is 22.0 Å². The van der Waals surface area contributed by atoms with Gasteiger partial charge < -0.3 is 15.2 Å². The summed E-state index contributed by atoms with van der Waals surface area (Å²) in [5.74, 6) is -0.435. The Hall–Kier alpha value is -2.53. The van der Waals surface area contributed by atoms with Gasteiger partial charge in [0, 0.05) is 39.5 Å². The number of aliphatic hydroxyl groups excluding tert-OH is 1. The quantitative estimate of drug-likeness (QED) is 0.280. The van der Waals surface area contributed by atoms with Crippen LogP contribution in [0.3, 0.4) is 0 Å². The van der Waals surface area contributed by atoms with Crippen molar-refractivity contribution >= 4 is 40.0 Å². The van der Waals surface area contributed by atoms with Gasteiger partial charge in [-0.05, 0) is 68.8 Å². The van der Waals surface area contributed by atoms with Gasteiger partial charge in [0.05, 0.1) is 22.8 Å². The van der Waals surface area contributed by atoms with E-state index in [1.807, 2.05) is 0 Å². The van der Waals surface area contributed by atoms with E-state index in [0.717, 1.165) is 49.7 Å². The molecule has 0 bridgehead atoms. The predicted molar refractivity (Wildman–Crippen MR) is 143 cm³/mol. The second-order valence-electron chi connectivity index (χ2n) is 9.38. The van der Waals surface area contributed by atoms with Crippen LogP contribution in [0.1, 0.15) is 37.7 Å². The Kier molecular flexibility index (Phi) is 9.07. The molecule has 0 saturated carbocycles. The van der Waals surface area contributed by atoms with Gasteiger partial charge in [0.2, 0.25) is 0 Å². The van der Waals surface area contributed by atoms with Gasteiger partial charge in [0.1, 0.15) is 11.5 Å². The number of carbonyl (C=O) groups excluding carboxylic acids is 1. The molecular formula is C27H28ClF3N2O4S. The average molecular weight is 569 g/mol. The Morgan fingerprint density at radius 3 is 2.71 bits per heavy atom. The van der Waals surface area contributed by atoms with Crippen molar-refractivity contribution in [2.45, 2.75) is 49.2 Å². The number of Topliss-reactive ketones (excluding diaryl/α,β-unsaturated/α-hetero) is 1. The summed E-state index contributed by atoms with van der Waals surface area (Å²) in [5, 5.41) is 20.4. The van der Waals surface area contributed by atoms with E-state index < -0.39 is 17.3 Å². The van der Waals surface area contributed by atoms with Crippen LogP contribution in [0.2, 0.25) is 5.02 Å². The molecule has 0 aliphatic carbocycles. The summed E-state index contributed by atoms with van der Waals surface area (Å²) in [5.41, 5.74) is -1.14. The number of phenols is 1. The van der Waals surface area contributed by atoms with Crippen molar-refractivity contribution in [2.24, 2.45) is 0 Å². The van der Waals surface area contributed by atoms with Gasteiger partial charge in [0.25, 0.3) is 5.56 Å². The number of alkyl halides is 3. The molecule has 1 fully saturated rings. The number of rotatable bonds is 9. The van der Waals surface area contributed by atoms with Crippen LogP contribution in [0, 0.1) is 0 Å².